The van der Waals surface area contributed by atoms with Gasteiger partial charge in [-0.25, -0.2) is 9.80 Å². The molecular weight excluding hydrogens is 408 g/mol. The van der Waals surface area contributed by atoms with Crippen LogP contribution in [0.5, 0.6) is 0 Å². The zero-order valence-corrected chi connectivity index (χ0v) is 17.5. The molecule has 1 aromatic heterocycles. The van der Waals surface area contributed by atoms with Crippen molar-refractivity contribution >= 4 is 29.5 Å². The van der Waals surface area contributed by atoms with Gasteiger partial charge < -0.3 is 9.15 Å². The number of rotatable bonds is 7. The van der Waals surface area contributed by atoms with Crippen molar-refractivity contribution in [3.63, 3.8) is 0 Å². The van der Waals surface area contributed by atoms with E-state index in [1.807, 2.05) is 13.0 Å². The van der Waals surface area contributed by atoms with E-state index in [0.717, 1.165) is 18.4 Å². The topological polar surface area (TPSA) is 88.9 Å². The van der Waals surface area contributed by atoms with Gasteiger partial charge in [0.1, 0.15) is 17.1 Å². The van der Waals surface area contributed by atoms with Gasteiger partial charge >= 0.3 is 5.97 Å². The summed E-state index contributed by atoms with van der Waals surface area (Å²) in [6.45, 7) is 2.44. The Balaban J connectivity index is 1.48. The summed E-state index contributed by atoms with van der Waals surface area (Å²) in [5.74, 6) is -0.388. The SMILES string of the molecule is CCCCOC(=O)c1ccc(-c2ccc(/C=C3/C(=O)NN(c4ccccc4)C3=O)o2)cc1. The molecule has 0 atom stereocenters. The molecular formula is C25H22N2O5. The Kier molecular flexibility index (Phi) is 6.17. The van der Waals surface area contributed by atoms with Crippen molar-refractivity contribution in [1.29, 1.82) is 0 Å². The van der Waals surface area contributed by atoms with Gasteiger partial charge in [-0.1, -0.05) is 43.7 Å². The minimum atomic E-state index is -0.497. The third-order valence-electron chi connectivity index (χ3n) is 4.96. The molecule has 4 rings (SSSR count). The first-order valence-electron chi connectivity index (χ1n) is 10.4. The predicted octanol–water partition coefficient (Wildman–Crippen LogP) is 4.36. The van der Waals surface area contributed by atoms with Crippen LogP contribution in [0.25, 0.3) is 17.4 Å². The number of esters is 1. The van der Waals surface area contributed by atoms with Crippen LogP contribution in [0.1, 0.15) is 35.9 Å². The first-order chi connectivity index (χ1) is 15.6. The second kappa shape index (κ2) is 9.34. The summed E-state index contributed by atoms with van der Waals surface area (Å²) in [5, 5.41) is 1.20. The van der Waals surface area contributed by atoms with Crippen LogP contribution in [-0.2, 0) is 14.3 Å². The van der Waals surface area contributed by atoms with Crippen LogP contribution in [0.2, 0.25) is 0 Å². The highest BCUT2D eigenvalue weighted by Crippen LogP contribution is 2.26. The molecule has 7 nitrogen and oxygen atoms in total. The normalized spacial score (nSPS) is 14.7. The van der Waals surface area contributed by atoms with Crippen molar-refractivity contribution < 1.29 is 23.5 Å². The maximum Gasteiger partial charge on any atom is 0.338 e. The van der Waals surface area contributed by atoms with Gasteiger partial charge in [0.2, 0.25) is 0 Å². The van der Waals surface area contributed by atoms with Crippen LogP contribution in [0, 0.1) is 0 Å². The lowest BCUT2D eigenvalue weighted by molar-refractivity contribution is -0.117. The number of furan rings is 1. The number of carbonyl (C=O) groups excluding carboxylic acids is 3. The zero-order valence-electron chi connectivity index (χ0n) is 17.5. The number of carbonyl (C=O) groups is 3. The van der Waals surface area contributed by atoms with E-state index in [2.05, 4.69) is 5.43 Å². The minimum Gasteiger partial charge on any atom is -0.462 e. The van der Waals surface area contributed by atoms with E-state index in [1.54, 1.807) is 60.7 Å². The number of nitrogens with one attached hydrogen (secondary N) is 1. The molecule has 3 aromatic rings. The van der Waals surface area contributed by atoms with Crippen molar-refractivity contribution in [2.45, 2.75) is 19.8 Å². The van der Waals surface area contributed by atoms with E-state index in [-0.39, 0.29) is 11.5 Å². The van der Waals surface area contributed by atoms with Crippen LogP contribution in [-0.4, -0.2) is 24.4 Å². The number of nitrogens with zero attached hydrogens (tertiary/aromatic N) is 1. The third kappa shape index (κ3) is 4.46. The lowest BCUT2D eigenvalue weighted by atomic mass is 10.1. The molecule has 0 spiro atoms. The zero-order chi connectivity index (χ0) is 22.5. The Morgan fingerprint density at radius 3 is 2.50 bits per heavy atom. The molecule has 0 radical (unpaired) electrons. The molecule has 0 bridgehead atoms. The number of anilines is 1. The fourth-order valence-corrected chi connectivity index (χ4v) is 3.21. The van der Waals surface area contributed by atoms with Gasteiger partial charge in [0.05, 0.1) is 17.9 Å². The number of para-hydroxylation sites is 1. The molecule has 7 heteroatoms. The van der Waals surface area contributed by atoms with E-state index < -0.39 is 11.8 Å². The monoisotopic (exact) mass is 430 g/mol. The Morgan fingerprint density at radius 1 is 1.03 bits per heavy atom. The second-order valence-corrected chi connectivity index (χ2v) is 7.24. The number of ether oxygens (including phenoxy) is 1. The maximum atomic E-state index is 12.7. The number of amides is 2. The third-order valence-corrected chi connectivity index (χ3v) is 4.96. The molecule has 1 fully saturated rings. The summed E-state index contributed by atoms with van der Waals surface area (Å²) in [7, 11) is 0. The molecule has 0 saturated carbocycles. The quantitative estimate of drug-likeness (QED) is 0.260. The second-order valence-electron chi connectivity index (χ2n) is 7.24. The number of unbranched alkanes of at least 4 members (excludes halogenated alkanes) is 1. The smallest absolute Gasteiger partial charge is 0.338 e. The predicted molar refractivity (Wildman–Crippen MR) is 119 cm³/mol. The van der Waals surface area contributed by atoms with E-state index >= 15 is 0 Å². The van der Waals surface area contributed by atoms with Crippen LogP contribution in [0.4, 0.5) is 5.69 Å². The van der Waals surface area contributed by atoms with E-state index in [0.29, 0.717) is 29.4 Å². The first-order valence-corrected chi connectivity index (χ1v) is 10.4. The molecule has 0 aliphatic carbocycles. The van der Waals surface area contributed by atoms with Gasteiger partial charge in [0, 0.05) is 5.56 Å². The fourth-order valence-electron chi connectivity index (χ4n) is 3.21. The van der Waals surface area contributed by atoms with Crippen molar-refractivity contribution in [3.05, 3.63) is 83.6 Å². The maximum absolute atomic E-state index is 12.7. The van der Waals surface area contributed by atoms with E-state index in [1.165, 1.54) is 11.1 Å². The van der Waals surface area contributed by atoms with E-state index in [9.17, 15) is 14.4 Å². The fraction of sp³-hybridized carbons (Fsp3) is 0.160. The Labute approximate surface area is 185 Å². The average Bonchev–Trinajstić information content (AvgIpc) is 3.40. The molecule has 0 unspecified atom stereocenters. The minimum absolute atomic E-state index is 0.0140. The summed E-state index contributed by atoms with van der Waals surface area (Å²) in [5.41, 5.74) is 4.34. The molecule has 1 aliphatic heterocycles. The summed E-state index contributed by atoms with van der Waals surface area (Å²) in [4.78, 5) is 37.0. The molecule has 2 amide bonds. The molecule has 32 heavy (non-hydrogen) atoms. The molecule has 1 aliphatic rings. The van der Waals surface area contributed by atoms with Gasteiger partial charge in [-0.15, -0.1) is 0 Å². The lowest BCUT2D eigenvalue weighted by Gasteiger charge is -2.13. The van der Waals surface area contributed by atoms with Gasteiger partial charge in [-0.3, -0.25) is 15.0 Å². The highest BCUT2D eigenvalue weighted by Gasteiger charge is 2.34. The number of hydrazine groups is 1. The standard InChI is InChI=1S/C25H22N2O5/c1-2-3-15-31-25(30)18-11-9-17(10-12-18)22-14-13-20(32-22)16-21-23(28)26-27(24(21)29)19-7-5-4-6-8-19/h4-14,16H,2-3,15H2,1H3,(H,26,28)/b21-16-. The summed E-state index contributed by atoms with van der Waals surface area (Å²) in [6.07, 6.45) is 3.21. The van der Waals surface area contributed by atoms with Crippen LogP contribution in [0.3, 0.4) is 0 Å². The molecule has 1 saturated heterocycles. The highest BCUT2D eigenvalue weighted by atomic mass is 16.5. The summed E-state index contributed by atoms with van der Waals surface area (Å²) in [6, 6.07) is 19.2. The van der Waals surface area contributed by atoms with Crippen molar-refractivity contribution in [3.8, 4) is 11.3 Å². The van der Waals surface area contributed by atoms with Gasteiger partial charge in [0.25, 0.3) is 11.8 Å². The Bertz CT molecular complexity index is 1160. The first kappa shape index (κ1) is 21.1. The Morgan fingerprint density at radius 2 is 1.78 bits per heavy atom. The van der Waals surface area contributed by atoms with Crippen LogP contribution < -0.4 is 10.4 Å². The molecule has 2 aromatic carbocycles. The van der Waals surface area contributed by atoms with Crippen molar-refractivity contribution in [2.75, 3.05) is 11.6 Å². The number of hydrogen-bond donors (Lipinski definition) is 1. The van der Waals surface area contributed by atoms with Crippen LogP contribution >= 0.6 is 0 Å². The summed E-state index contributed by atoms with van der Waals surface area (Å²) >= 11 is 0. The van der Waals surface area contributed by atoms with Gasteiger partial charge in [-0.05, 0) is 48.9 Å². The van der Waals surface area contributed by atoms with Gasteiger partial charge in [0.15, 0.2) is 0 Å². The number of hydrogen-bond acceptors (Lipinski definition) is 5. The number of benzene rings is 2. The average molecular weight is 430 g/mol. The largest absolute Gasteiger partial charge is 0.462 e. The lowest BCUT2D eigenvalue weighted by Crippen LogP contribution is -2.35. The van der Waals surface area contributed by atoms with Gasteiger partial charge in [-0.2, -0.15) is 0 Å². The Hall–Kier alpha value is -4.13. The van der Waals surface area contributed by atoms with Crippen molar-refractivity contribution in [2.24, 2.45) is 0 Å². The van der Waals surface area contributed by atoms with Crippen LogP contribution in [0.15, 0.2) is 76.7 Å². The molecule has 162 valence electrons. The molecule has 1 N–H and O–H groups in total. The molecule has 2 heterocycles. The van der Waals surface area contributed by atoms with E-state index in [4.69, 9.17) is 9.15 Å². The summed E-state index contributed by atoms with van der Waals surface area (Å²) < 4.78 is 11.0. The highest BCUT2D eigenvalue weighted by molar-refractivity contribution is 6.31. The van der Waals surface area contributed by atoms with Crippen molar-refractivity contribution in [1.82, 2.24) is 5.43 Å².